The van der Waals surface area contributed by atoms with E-state index in [1.807, 2.05) is 13.8 Å². The summed E-state index contributed by atoms with van der Waals surface area (Å²) in [7, 11) is 0. The van der Waals surface area contributed by atoms with Crippen LogP contribution in [-0.4, -0.2) is 23.0 Å². The lowest BCUT2D eigenvalue weighted by Crippen LogP contribution is -2.48. The Morgan fingerprint density at radius 3 is 2.26 bits per heavy atom. The van der Waals surface area contributed by atoms with Gasteiger partial charge in [-0.3, -0.25) is 9.59 Å². The van der Waals surface area contributed by atoms with Crippen molar-refractivity contribution in [3.8, 4) is 0 Å². The quantitative estimate of drug-likeness (QED) is 0.850. The Morgan fingerprint density at radius 1 is 1.21 bits per heavy atom. The van der Waals surface area contributed by atoms with Crippen molar-refractivity contribution in [3.63, 3.8) is 0 Å². The topological polar surface area (TPSA) is 84.2 Å². The number of rotatable bonds is 5. The summed E-state index contributed by atoms with van der Waals surface area (Å²) in [6.07, 6.45) is 0. The predicted octanol–water partition coefficient (Wildman–Crippen LogP) is 1.72. The minimum Gasteiger partial charge on any atom is -0.360 e. The van der Waals surface area contributed by atoms with Crippen molar-refractivity contribution in [1.29, 1.82) is 0 Å². The average Bonchev–Trinajstić information content (AvgIpc) is 2.70. The lowest BCUT2D eigenvalue weighted by molar-refractivity contribution is -0.129. The normalized spacial score (nSPS) is 12.6. The van der Waals surface area contributed by atoms with Crippen LogP contribution in [0, 0.1) is 18.8 Å². The zero-order valence-electron chi connectivity index (χ0n) is 12.0. The van der Waals surface area contributed by atoms with Gasteiger partial charge in [-0.15, -0.1) is 0 Å². The molecule has 0 bridgehead atoms. The number of anilines is 1. The number of hydrogen-bond acceptors (Lipinski definition) is 4. The summed E-state index contributed by atoms with van der Waals surface area (Å²) >= 11 is 0. The Bertz CT molecular complexity index is 452. The molecule has 2 N–H and O–H groups in total. The molecule has 0 saturated heterocycles. The smallest absolute Gasteiger partial charge is 0.248 e. The number of nitrogens with zero attached hydrogens (tertiary/aromatic N) is 1. The number of aromatic nitrogens is 1. The highest BCUT2D eigenvalue weighted by atomic mass is 16.5. The van der Waals surface area contributed by atoms with E-state index in [2.05, 4.69) is 15.8 Å². The molecule has 0 aliphatic carbocycles. The summed E-state index contributed by atoms with van der Waals surface area (Å²) in [5, 5.41) is 9.06. The molecule has 0 unspecified atom stereocenters. The molecule has 0 fully saturated rings. The molecule has 1 rings (SSSR count). The molecule has 6 heteroatoms. The summed E-state index contributed by atoms with van der Waals surface area (Å²) in [5.74, 6) is 0.344. The van der Waals surface area contributed by atoms with Gasteiger partial charge in [-0.2, -0.15) is 0 Å². The van der Waals surface area contributed by atoms with Crippen LogP contribution in [0.4, 0.5) is 5.82 Å². The van der Waals surface area contributed by atoms with E-state index < -0.39 is 6.04 Å². The number of carbonyl (C=O) groups excluding carboxylic acids is 2. The van der Waals surface area contributed by atoms with E-state index in [4.69, 9.17) is 4.52 Å². The standard InChI is InChI=1S/C13H21N3O3/c1-7(2)11(15-12(17)8(3)4)13(18)14-10-6-9(5)19-16-10/h6-8,11H,1-5H3,(H,15,17)(H,14,16,18)/t11-/m0/s1. The van der Waals surface area contributed by atoms with Gasteiger partial charge in [-0.05, 0) is 12.8 Å². The zero-order chi connectivity index (χ0) is 14.6. The Labute approximate surface area is 112 Å². The third-order valence-corrected chi connectivity index (χ3v) is 2.65. The monoisotopic (exact) mass is 267 g/mol. The largest absolute Gasteiger partial charge is 0.360 e. The number of aryl methyl sites for hydroxylation is 1. The fourth-order valence-corrected chi connectivity index (χ4v) is 1.48. The molecule has 1 aromatic rings. The number of hydrogen-bond donors (Lipinski definition) is 2. The van der Waals surface area contributed by atoms with Gasteiger partial charge in [0, 0.05) is 12.0 Å². The first-order valence-corrected chi connectivity index (χ1v) is 6.35. The molecule has 0 aliphatic heterocycles. The van der Waals surface area contributed by atoms with E-state index >= 15 is 0 Å². The van der Waals surface area contributed by atoms with Gasteiger partial charge in [0.1, 0.15) is 11.8 Å². The number of amides is 2. The van der Waals surface area contributed by atoms with Gasteiger partial charge in [0.05, 0.1) is 0 Å². The van der Waals surface area contributed by atoms with Crippen LogP contribution in [0.25, 0.3) is 0 Å². The SMILES string of the molecule is Cc1cc(NC(=O)[C@@H](NC(=O)C(C)C)C(C)C)no1. The number of nitrogens with one attached hydrogen (secondary N) is 2. The van der Waals surface area contributed by atoms with Crippen LogP contribution in [-0.2, 0) is 9.59 Å². The van der Waals surface area contributed by atoms with E-state index in [-0.39, 0.29) is 23.7 Å². The van der Waals surface area contributed by atoms with E-state index in [9.17, 15) is 9.59 Å². The van der Waals surface area contributed by atoms with Crippen LogP contribution in [0.5, 0.6) is 0 Å². The lowest BCUT2D eigenvalue weighted by atomic mass is 10.0. The first-order chi connectivity index (χ1) is 8.81. The molecule has 1 heterocycles. The number of carbonyl (C=O) groups is 2. The van der Waals surface area contributed by atoms with E-state index in [0.29, 0.717) is 11.6 Å². The van der Waals surface area contributed by atoms with Crippen LogP contribution >= 0.6 is 0 Å². The Balaban J connectivity index is 2.70. The molecule has 1 aromatic heterocycles. The Morgan fingerprint density at radius 2 is 1.84 bits per heavy atom. The van der Waals surface area contributed by atoms with Gasteiger partial charge in [0.2, 0.25) is 11.8 Å². The van der Waals surface area contributed by atoms with Gasteiger partial charge in [0.15, 0.2) is 5.82 Å². The molecule has 0 aliphatic rings. The van der Waals surface area contributed by atoms with E-state index in [1.165, 1.54) is 0 Å². The van der Waals surface area contributed by atoms with Crippen LogP contribution in [0.1, 0.15) is 33.5 Å². The summed E-state index contributed by atoms with van der Waals surface area (Å²) in [6.45, 7) is 9.05. The highest BCUT2D eigenvalue weighted by Crippen LogP contribution is 2.10. The van der Waals surface area contributed by atoms with Crippen molar-refractivity contribution in [3.05, 3.63) is 11.8 Å². The molecule has 0 aromatic carbocycles. The first-order valence-electron chi connectivity index (χ1n) is 6.35. The summed E-state index contributed by atoms with van der Waals surface area (Å²) in [6, 6.07) is 1.03. The summed E-state index contributed by atoms with van der Waals surface area (Å²) in [5.41, 5.74) is 0. The summed E-state index contributed by atoms with van der Waals surface area (Å²) < 4.78 is 4.87. The maximum Gasteiger partial charge on any atom is 0.248 e. The molecule has 0 saturated carbocycles. The fourth-order valence-electron chi connectivity index (χ4n) is 1.48. The van der Waals surface area contributed by atoms with E-state index in [0.717, 1.165) is 0 Å². The molecular weight excluding hydrogens is 246 g/mol. The zero-order valence-corrected chi connectivity index (χ0v) is 12.0. The molecule has 1 atom stereocenters. The second kappa shape index (κ2) is 6.36. The summed E-state index contributed by atoms with van der Waals surface area (Å²) in [4.78, 5) is 23.8. The molecule has 19 heavy (non-hydrogen) atoms. The van der Waals surface area contributed by atoms with Gasteiger partial charge in [-0.1, -0.05) is 32.9 Å². The van der Waals surface area contributed by atoms with Crippen molar-refractivity contribution >= 4 is 17.6 Å². The van der Waals surface area contributed by atoms with Gasteiger partial charge in [0.25, 0.3) is 0 Å². The van der Waals surface area contributed by atoms with Crippen LogP contribution < -0.4 is 10.6 Å². The molecule has 6 nitrogen and oxygen atoms in total. The van der Waals surface area contributed by atoms with Crippen molar-refractivity contribution in [2.24, 2.45) is 11.8 Å². The molecular formula is C13H21N3O3. The Kier molecular flexibility index (Phi) is 5.09. The predicted molar refractivity (Wildman–Crippen MR) is 71.5 cm³/mol. The van der Waals surface area contributed by atoms with E-state index in [1.54, 1.807) is 26.8 Å². The van der Waals surface area contributed by atoms with Crippen molar-refractivity contribution in [1.82, 2.24) is 10.5 Å². The first kappa shape index (κ1) is 15.2. The molecule has 106 valence electrons. The van der Waals surface area contributed by atoms with Crippen LogP contribution in [0.15, 0.2) is 10.6 Å². The average molecular weight is 267 g/mol. The minimum absolute atomic E-state index is 0.0179. The third-order valence-electron chi connectivity index (χ3n) is 2.65. The highest BCUT2D eigenvalue weighted by molar-refractivity contribution is 5.96. The van der Waals surface area contributed by atoms with Crippen molar-refractivity contribution < 1.29 is 14.1 Å². The van der Waals surface area contributed by atoms with Crippen molar-refractivity contribution in [2.45, 2.75) is 40.7 Å². The Hall–Kier alpha value is -1.85. The molecule has 2 amide bonds. The van der Waals surface area contributed by atoms with Crippen molar-refractivity contribution in [2.75, 3.05) is 5.32 Å². The van der Waals surface area contributed by atoms with Gasteiger partial charge >= 0.3 is 0 Å². The fraction of sp³-hybridized carbons (Fsp3) is 0.615. The third kappa shape index (κ3) is 4.39. The molecule has 0 spiro atoms. The van der Waals surface area contributed by atoms with Gasteiger partial charge < -0.3 is 15.2 Å². The lowest BCUT2D eigenvalue weighted by Gasteiger charge is -2.22. The van der Waals surface area contributed by atoms with Crippen LogP contribution in [0.3, 0.4) is 0 Å². The maximum atomic E-state index is 12.1. The highest BCUT2D eigenvalue weighted by Gasteiger charge is 2.25. The second-order valence-electron chi connectivity index (χ2n) is 5.20. The minimum atomic E-state index is -0.591. The van der Waals surface area contributed by atoms with Gasteiger partial charge in [-0.25, -0.2) is 0 Å². The second-order valence-corrected chi connectivity index (χ2v) is 5.20. The van der Waals surface area contributed by atoms with Crippen LogP contribution in [0.2, 0.25) is 0 Å². The molecule has 0 radical (unpaired) electrons. The maximum absolute atomic E-state index is 12.1.